The number of anilines is 1. The average Bonchev–Trinajstić information content (AvgIpc) is 2.99. The molecule has 1 amide bonds. The van der Waals surface area contributed by atoms with Crippen LogP contribution in [0.5, 0.6) is 5.88 Å². The molecule has 2 aliphatic rings. The number of halogens is 3. The van der Waals surface area contributed by atoms with Gasteiger partial charge < -0.3 is 19.7 Å². The summed E-state index contributed by atoms with van der Waals surface area (Å²) in [5.41, 5.74) is 2.49. The van der Waals surface area contributed by atoms with Gasteiger partial charge in [-0.1, -0.05) is 13.0 Å². The fourth-order valence-corrected chi connectivity index (χ4v) is 5.33. The van der Waals surface area contributed by atoms with E-state index in [2.05, 4.69) is 32.3 Å². The predicted molar refractivity (Wildman–Crippen MR) is 148 cm³/mol. The van der Waals surface area contributed by atoms with E-state index in [1.54, 1.807) is 12.1 Å². The van der Waals surface area contributed by atoms with Gasteiger partial charge in [-0.3, -0.25) is 9.78 Å². The summed E-state index contributed by atoms with van der Waals surface area (Å²) in [6.07, 6.45) is 0.00991. The number of ether oxygens (including phenoxy) is 2. The van der Waals surface area contributed by atoms with Crippen LogP contribution in [0.1, 0.15) is 65.7 Å². The lowest BCUT2D eigenvalue weighted by Crippen LogP contribution is -2.38. The summed E-state index contributed by atoms with van der Waals surface area (Å²) in [5, 5.41) is 11.8. The molecule has 8 nitrogen and oxygen atoms in total. The number of piperidine rings is 1. The van der Waals surface area contributed by atoms with E-state index in [0.29, 0.717) is 30.5 Å². The molecule has 41 heavy (non-hydrogen) atoms. The number of rotatable bonds is 7. The van der Waals surface area contributed by atoms with Crippen LogP contribution in [0, 0.1) is 6.92 Å². The number of hydrogen-bond donors (Lipinski definition) is 1. The number of nitrogens with zero attached hydrogens (tertiary/aromatic N) is 4. The first-order valence-corrected chi connectivity index (χ1v) is 14.0. The van der Waals surface area contributed by atoms with Gasteiger partial charge in [-0.15, -0.1) is 10.2 Å². The number of nitrogens with one attached hydrogen (secondary N) is 1. The Kier molecular flexibility index (Phi) is 8.84. The van der Waals surface area contributed by atoms with Crippen LogP contribution in [0.25, 0.3) is 11.3 Å². The highest BCUT2D eigenvalue weighted by Crippen LogP contribution is 2.36. The lowest BCUT2D eigenvalue weighted by Gasteiger charge is -2.32. The van der Waals surface area contributed by atoms with Crippen LogP contribution in [-0.2, 0) is 10.9 Å². The highest BCUT2D eigenvalue weighted by atomic mass is 19.4. The molecule has 0 unspecified atom stereocenters. The molecule has 0 radical (unpaired) electrons. The number of pyridine rings is 1. The standard InChI is InChI=1S/C30H34F3N5O3/c1-3-38-12-7-23(8-13-38)41-29-25(20-9-14-40-15-10-20)18-26(36-37-29)24-17-22(5-4-19(24)2)35-28(39)21-6-11-34-27(16-21)30(31,32)33/h4-6,11,16-18,20,23H,3,7-10,12-15H2,1-2H3,(H,35,39). The number of benzene rings is 1. The molecule has 1 N–H and O–H groups in total. The van der Waals surface area contributed by atoms with Gasteiger partial charge in [0.25, 0.3) is 5.91 Å². The zero-order valence-corrected chi connectivity index (χ0v) is 23.2. The molecule has 4 heterocycles. The summed E-state index contributed by atoms with van der Waals surface area (Å²) >= 11 is 0. The second-order valence-corrected chi connectivity index (χ2v) is 10.5. The minimum absolute atomic E-state index is 0.0860. The number of aromatic nitrogens is 3. The van der Waals surface area contributed by atoms with Crippen LogP contribution in [0.3, 0.4) is 0 Å². The van der Waals surface area contributed by atoms with Gasteiger partial charge in [0.2, 0.25) is 5.88 Å². The van der Waals surface area contributed by atoms with Gasteiger partial charge in [0, 0.05) is 54.9 Å². The number of carbonyl (C=O) groups is 1. The van der Waals surface area contributed by atoms with Crippen molar-refractivity contribution in [3.8, 4) is 17.1 Å². The van der Waals surface area contributed by atoms with Crippen molar-refractivity contribution in [1.29, 1.82) is 0 Å². The van der Waals surface area contributed by atoms with Crippen molar-refractivity contribution in [2.45, 2.75) is 57.7 Å². The summed E-state index contributed by atoms with van der Waals surface area (Å²) in [4.78, 5) is 18.5. The van der Waals surface area contributed by atoms with Crippen molar-refractivity contribution in [2.24, 2.45) is 0 Å². The molecular weight excluding hydrogens is 535 g/mol. The van der Waals surface area contributed by atoms with Crippen LogP contribution < -0.4 is 10.1 Å². The Balaban J connectivity index is 1.40. The van der Waals surface area contributed by atoms with E-state index in [4.69, 9.17) is 9.47 Å². The Morgan fingerprint density at radius 2 is 1.83 bits per heavy atom. The lowest BCUT2D eigenvalue weighted by molar-refractivity contribution is -0.141. The summed E-state index contributed by atoms with van der Waals surface area (Å²) in [7, 11) is 0. The number of likely N-dealkylation sites (tertiary alicyclic amines) is 1. The highest BCUT2D eigenvalue weighted by Gasteiger charge is 2.33. The lowest BCUT2D eigenvalue weighted by atomic mass is 9.91. The third-order valence-corrected chi connectivity index (χ3v) is 7.79. The first kappa shape index (κ1) is 28.9. The second kappa shape index (κ2) is 12.5. The first-order chi connectivity index (χ1) is 19.7. The first-order valence-electron chi connectivity index (χ1n) is 14.0. The SMILES string of the molecule is CCN1CCC(Oc2nnc(-c3cc(NC(=O)c4ccnc(C(F)(F)F)c4)ccc3C)cc2C2CCOCC2)CC1. The van der Waals surface area contributed by atoms with Crippen LogP contribution >= 0.6 is 0 Å². The Bertz CT molecular complexity index is 1370. The van der Waals surface area contributed by atoms with Crippen LogP contribution in [0.4, 0.5) is 18.9 Å². The van der Waals surface area contributed by atoms with Crippen molar-refractivity contribution in [1.82, 2.24) is 20.1 Å². The molecule has 0 atom stereocenters. The van der Waals surface area contributed by atoms with Crippen LogP contribution in [0.15, 0.2) is 42.6 Å². The van der Waals surface area contributed by atoms with Crippen molar-refractivity contribution >= 4 is 11.6 Å². The largest absolute Gasteiger partial charge is 0.473 e. The number of alkyl halides is 3. The summed E-state index contributed by atoms with van der Waals surface area (Å²) in [6.45, 7) is 8.46. The van der Waals surface area contributed by atoms with E-state index in [1.165, 1.54) is 6.07 Å². The summed E-state index contributed by atoms with van der Waals surface area (Å²) in [5.74, 6) is 0.122. The third-order valence-electron chi connectivity index (χ3n) is 7.79. The fraction of sp³-hybridized carbons (Fsp3) is 0.467. The second-order valence-electron chi connectivity index (χ2n) is 10.5. The molecule has 2 saturated heterocycles. The molecule has 3 aromatic rings. The van der Waals surface area contributed by atoms with Crippen molar-refractivity contribution in [3.63, 3.8) is 0 Å². The molecule has 0 spiro atoms. The maximum Gasteiger partial charge on any atom is 0.433 e. The van der Waals surface area contributed by atoms with Crippen LogP contribution in [0.2, 0.25) is 0 Å². The molecular formula is C30H34F3N5O3. The predicted octanol–water partition coefficient (Wildman–Crippen LogP) is 5.88. The molecule has 2 fully saturated rings. The minimum atomic E-state index is -4.64. The zero-order valence-electron chi connectivity index (χ0n) is 23.2. The fourth-order valence-electron chi connectivity index (χ4n) is 5.33. The number of amides is 1. The smallest absolute Gasteiger partial charge is 0.433 e. The molecule has 5 rings (SSSR count). The van der Waals surface area contributed by atoms with Gasteiger partial charge in [-0.05, 0) is 81.0 Å². The Hall–Kier alpha value is -3.57. The average molecular weight is 570 g/mol. The molecule has 218 valence electrons. The molecule has 2 aromatic heterocycles. The monoisotopic (exact) mass is 569 g/mol. The Labute approximate surface area is 237 Å². The van der Waals surface area contributed by atoms with E-state index < -0.39 is 17.8 Å². The van der Waals surface area contributed by atoms with Gasteiger partial charge in [-0.25, -0.2) is 0 Å². The zero-order chi connectivity index (χ0) is 29.0. The molecule has 0 bridgehead atoms. The number of carbonyl (C=O) groups excluding carboxylic acids is 1. The third kappa shape index (κ3) is 7.02. The number of hydrogen-bond acceptors (Lipinski definition) is 7. The topological polar surface area (TPSA) is 89.5 Å². The normalized spacial score (nSPS) is 17.4. The van der Waals surface area contributed by atoms with Gasteiger partial charge in [0.15, 0.2) is 0 Å². The van der Waals surface area contributed by atoms with Crippen LogP contribution in [-0.4, -0.2) is 64.9 Å². The van der Waals surface area contributed by atoms with Gasteiger partial charge >= 0.3 is 6.18 Å². The molecule has 0 saturated carbocycles. The molecule has 0 aliphatic carbocycles. The number of aryl methyl sites for hydroxylation is 1. The van der Waals surface area contributed by atoms with Crippen molar-refractivity contribution in [2.75, 3.05) is 38.2 Å². The minimum Gasteiger partial charge on any atom is -0.473 e. The Morgan fingerprint density at radius 1 is 1.07 bits per heavy atom. The van der Waals surface area contributed by atoms with E-state index >= 15 is 0 Å². The molecule has 11 heteroatoms. The van der Waals surface area contributed by atoms with Gasteiger partial charge in [0.05, 0.1) is 5.69 Å². The van der Waals surface area contributed by atoms with E-state index in [-0.39, 0.29) is 17.6 Å². The maximum atomic E-state index is 13.1. The van der Waals surface area contributed by atoms with Gasteiger partial charge in [-0.2, -0.15) is 13.2 Å². The molecule has 1 aromatic carbocycles. The molecule has 2 aliphatic heterocycles. The van der Waals surface area contributed by atoms with E-state index in [1.807, 2.05) is 19.1 Å². The Morgan fingerprint density at radius 3 is 2.54 bits per heavy atom. The van der Waals surface area contributed by atoms with E-state index in [0.717, 1.165) is 74.3 Å². The van der Waals surface area contributed by atoms with Crippen molar-refractivity contribution in [3.05, 3.63) is 65.0 Å². The quantitative estimate of drug-likeness (QED) is 0.380. The summed E-state index contributed by atoms with van der Waals surface area (Å²) < 4.78 is 51.3. The summed E-state index contributed by atoms with van der Waals surface area (Å²) in [6, 6.07) is 9.30. The maximum absolute atomic E-state index is 13.1. The van der Waals surface area contributed by atoms with Crippen molar-refractivity contribution < 1.29 is 27.4 Å². The highest BCUT2D eigenvalue weighted by molar-refractivity contribution is 6.04. The van der Waals surface area contributed by atoms with Gasteiger partial charge in [0.1, 0.15) is 11.8 Å². The van der Waals surface area contributed by atoms with E-state index in [9.17, 15) is 18.0 Å².